The summed E-state index contributed by atoms with van der Waals surface area (Å²) >= 11 is 6.80. The third kappa shape index (κ3) is 4.44. The number of hydrogen-bond donors (Lipinski definition) is 1. The van der Waals surface area contributed by atoms with Gasteiger partial charge in [-0.3, -0.25) is 4.98 Å². The zero-order chi connectivity index (χ0) is 13.7. The van der Waals surface area contributed by atoms with Gasteiger partial charge in [0.1, 0.15) is 5.76 Å². The van der Waals surface area contributed by atoms with E-state index in [2.05, 4.69) is 55.2 Å². The molecule has 3 nitrogen and oxygen atoms in total. The number of rotatable bonds is 6. The molecule has 2 heterocycles. The lowest BCUT2D eigenvalue weighted by molar-refractivity contribution is 0.400. The first-order chi connectivity index (χ1) is 9.19. The highest BCUT2D eigenvalue weighted by atomic mass is 79.9. The minimum absolute atomic E-state index is 0.169. The Morgan fingerprint density at radius 2 is 2.16 bits per heavy atom. The highest BCUT2D eigenvalue weighted by molar-refractivity contribution is 9.10. The van der Waals surface area contributed by atoms with Crippen molar-refractivity contribution < 1.29 is 4.42 Å². The van der Waals surface area contributed by atoms with E-state index in [0.29, 0.717) is 0 Å². The summed E-state index contributed by atoms with van der Waals surface area (Å²) in [7, 11) is 0. The average Bonchev–Trinajstić information content (AvgIpc) is 2.81. The van der Waals surface area contributed by atoms with Crippen LogP contribution in [0.1, 0.15) is 30.7 Å². The van der Waals surface area contributed by atoms with Crippen molar-refractivity contribution in [1.29, 1.82) is 0 Å². The van der Waals surface area contributed by atoms with Crippen molar-refractivity contribution in [3.8, 4) is 0 Å². The van der Waals surface area contributed by atoms with E-state index in [0.717, 1.165) is 34.3 Å². The van der Waals surface area contributed by atoms with Gasteiger partial charge in [0.2, 0.25) is 0 Å². The smallest absolute Gasteiger partial charge is 0.169 e. The van der Waals surface area contributed by atoms with E-state index >= 15 is 0 Å². The lowest BCUT2D eigenvalue weighted by Crippen LogP contribution is -2.23. The monoisotopic (exact) mass is 386 g/mol. The Morgan fingerprint density at radius 1 is 1.32 bits per heavy atom. The zero-order valence-electron chi connectivity index (χ0n) is 10.7. The van der Waals surface area contributed by atoms with Gasteiger partial charge in [-0.15, -0.1) is 0 Å². The second kappa shape index (κ2) is 7.22. The van der Waals surface area contributed by atoms with Gasteiger partial charge < -0.3 is 9.73 Å². The lowest BCUT2D eigenvalue weighted by atomic mass is 10.1. The predicted octanol–water partition coefficient (Wildman–Crippen LogP) is 4.48. The van der Waals surface area contributed by atoms with E-state index in [-0.39, 0.29) is 6.04 Å². The van der Waals surface area contributed by atoms with E-state index in [4.69, 9.17) is 4.42 Å². The first kappa shape index (κ1) is 14.8. The number of halogens is 2. The summed E-state index contributed by atoms with van der Waals surface area (Å²) in [5, 5.41) is 3.51. The van der Waals surface area contributed by atoms with Gasteiger partial charge in [-0.2, -0.15) is 0 Å². The molecule has 0 aliphatic carbocycles. The fourth-order valence-electron chi connectivity index (χ4n) is 1.91. The maximum absolute atomic E-state index is 5.67. The van der Waals surface area contributed by atoms with Gasteiger partial charge in [0, 0.05) is 16.9 Å². The van der Waals surface area contributed by atoms with E-state index in [1.165, 1.54) is 5.56 Å². The number of aromatic nitrogens is 1. The molecule has 2 aromatic rings. The summed E-state index contributed by atoms with van der Waals surface area (Å²) in [5.41, 5.74) is 1.18. The Balaban J connectivity index is 2.13. The fraction of sp³-hybridized carbons (Fsp3) is 0.357. The maximum Gasteiger partial charge on any atom is 0.169 e. The summed E-state index contributed by atoms with van der Waals surface area (Å²) in [6, 6.07) is 6.19. The molecule has 0 aromatic carbocycles. The highest BCUT2D eigenvalue weighted by Gasteiger charge is 2.15. The summed E-state index contributed by atoms with van der Waals surface area (Å²) in [6.45, 7) is 3.12. The molecular formula is C14H16Br2N2O. The fourth-order valence-corrected chi connectivity index (χ4v) is 2.64. The van der Waals surface area contributed by atoms with E-state index in [9.17, 15) is 0 Å². The lowest BCUT2D eigenvalue weighted by Gasteiger charge is -2.16. The molecular weight excluding hydrogens is 372 g/mol. The molecule has 0 saturated carbocycles. The molecule has 2 rings (SSSR count). The topological polar surface area (TPSA) is 38.1 Å². The van der Waals surface area contributed by atoms with Crippen LogP contribution < -0.4 is 5.32 Å². The first-order valence-corrected chi connectivity index (χ1v) is 7.85. The number of nitrogens with zero attached hydrogens (tertiary/aromatic N) is 1. The van der Waals surface area contributed by atoms with Gasteiger partial charge >= 0.3 is 0 Å². The number of nitrogens with one attached hydrogen (secondary N) is 1. The van der Waals surface area contributed by atoms with Crippen LogP contribution in [0, 0.1) is 0 Å². The Labute approximate surface area is 130 Å². The molecule has 5 heteroatoms. The van der Waals surface area contributed by atoms with Crippen LogP contribution in [0.4, 0.5) is 0 Å². The number of furan rings is 1. The number of pyridine rings is 1. The maximum atomic E-state index is 5.67. The van der Waals surface area contributed by atoms with Gasteiger partial charge in [0.05, 0.1) is 6.04 Å². The largest absolute Gasteiger partial charge is 0.453 e. The van der Waals surface area contributed by atoms with Crippen molar-refractivity contribution in [3.63, 3.8) is 0 Å². The van der Waals surface area contributed by atoms with Crippen LogP contribution in [-0.2, 0) is 6.42 Å². The summed E-state index contributed by atoms with van der Waals surface area (Å²) < 4.78 is 7.43. The van der Waals surface area contributed by atoms with Crippen LogP contribution >= 0.6 is 31.9 Å². The SMILES string of the molecule is CCCNC(Cc1cncc(Br)c1)c1ccc(Br)o1. The molecule has 102 valence electrons. The van der Waals surface area contributed by atoms with E-state index in [1.54, 1.807) is 6.20 Å². The molecule has 0 fully saturated rings. The molecule has 1 unspecified atom stereocenters. The van der Waals surface area contributed by atoms with E-state index < -0.39 is 0 Å². The number of hydrogen-bond acceptors (Lipinski definition) is 3. The molecule has 19 heavy (non-hydrogen) atoms. The van der Waals surface area contributed by atoms with Gasteiger partial charge in [-0.1, -0.05) is 6.92 Å². The Kier molecular flexibility index (Phi) is 5.60. The minimum Gasteiger partial charge on any atom is -0.453 e. The van der Waals surface area contributed by atoms with Gasteiger partial charge in [0.25, 0.3) is 0 Å². The minimum atomic E-state index is 0.169. The third-order valence-electron chi connectivity index (χ3n) is 2.78. The predicted molar refractivity (Wildman–Crippen MR) is 83.1 cm³/mol. The highest BCUT2D eigenvalue weighted by Crippen LogP contribution is 2.24. The van der Waals surface area contributed by atoms with Crippen LogP contribution in [0.5, 0.6) is 0 Å². The van der Waals surface area contributed by atoms with Gasteiger partial charge in [-0.25, -0.2) is 0 Å². The summed E-state index contributed by atoms with van der Waals surface area (Å²) in [5.74, 6) is 0.945. The molecule has 0 spiro atoms. The van der Waals surface area contributed by atoms with Crippen LogP contribution in [0.3, 0.4) is 0 Å². The second-order valence-corrected chi connectivity index (χ2v) is 6.06. The van der Waals surface area contributed by atoms with Crippen LogP contribution in [-0.4, -0.2) is 11.5 Å². The molecule has 0 amide bonds. The molecule has 1 N–H and O–H groups in total. The summed E-state index contributed by atoms with van der Waals surface area (Å²) in [4.78, 5) is 4.20. The quantitative estimate of drug-likeness (QED) is 0.793. The third-order valence-corrected chi connectivity index (χ3v) is 3.64. The normalized spacial score (nSPS) is 12.6. The van der Waals surface area contributed by atoms with Crippen molar-refractivity contribution in [2.24, 2.45) is 0 Å². The van der Waals surface area contributed by atoms with Gasteiger partial charge in [0.15, 0.2) is 4.67 Å². The van der Waals surface area contributed by atoms with E-state index in [1.807, 2.05) is 18.3 Å². The van der Waals surface area contributed by atoms with Crippen molar-refractivity contribution in [2.45, 2.75) is 25.8 Å². The molecule has 1 atom stereocenters. The molecule has 0 saturated heterocycles. The molecule has 0 aliphatic heterocycles. The molecule has 0 aliphatic rings. The Hall–Kier alpha value is -0.650. The zero-order valence-corrected chi connectivity index (χ0v) is 13.9. The molecule has 0 bridgehead atoms. The average molecular weight is 388 g/mol. The Bertz CT molecular complexity index is 528. The van der Waals surface area contributed by atoms with Crippen LogP contribution in [0.25, 0.3) is 0 Å². The Morgan fingerprint density at radius 3 is 2.79 bits per heavy atom. The van der Waals surface area contributed by atoms with Crippen molar-refractivity contribution in [1.82, 2.24) is 10.3 Å². The summed E-state index contributed by atoms with van der Waals surface area (Å²) in [6.07, 6.45) is 5.63. The van der Waals surface area contributed by atoms with Crippen LogP contribution in [0.15, 0.2) is 44.2 Å². The van der Waals surface area contributed by atoms with Crippen LogP contribution in [0.2, 0.25) is 0 Å². The van der Waals surface area contributed by atoms with Crippen molar-refractivity contribution in [2.75, 3.05) is 6.54 Å². The van der Waals surface area contributed by atoms with Crippen molar-refractivity contribution in [3.05, 3.63) is 51.1 Å². The first-order valence-electron chi connectivity index (χ1n) is 6.27. The second-order valence-electron chi connectivity index (χ2n) is 4.36. The van der Waals surface area contributed by atoms with Gasteiger partial charge in [-0.05, 0) is 75.0 Å². The molecule has 0 radical (unpaired) electrons. The molecule has 2 aromatic heterocycles. The standard InChI is InChI=1S/C14H16Br2N2O/c1-2-5-18-12(13-3-4-14(16)19-13)7-10-6-11(15)9-17-8-10/h3-4,6,8-9,12,18H,2,5,7H2,1H3. The van der Waals surface area contributed by atoms with Crippen molar-refractivity contribution >= 4 is 31.9 Å².